The van der Waals surface area contributed by atoms with Crippen LogP contribution in [0.5, 0.6) is 5.75 Å². The second-order valence-electron chi connectivity index (χ2n) is 10.3. The average Bonchev–Trinajstić information content (AvgIpc) is 3.44. The summed E-state index contributed by atoms with van der Waals surface area (Å²) in [6, 6.07) is 13.6. The first-order valence-electron chi connectivity index (χ1n) is 12.9. The Kier molecular flexibility index (Phi) is 7.04. The molecule has 2 aromatic carbocycles. The number of non-ortho nitro benzene ring substituents is 1. The van der Waals surface area contributed by atoms with E-state index in [1.165, 1.54) is 12.1 Å². The average molecular weight is 533 g/mol. The van der Waals surface area contributed by atoms with E-state index in [0.717, 1.165) is 17.5 Å². The van der Waals surface area contributed by atoms with Crippen LogP contribution < -0.4 is 15.2 Å². The number of nitrogens with one attached hydrogen (secondary N) is 1. The van der Waals surface area contributed by atoms with Gasteiger partial charge in [0, 0.05) is 55.6 Å². The van der Waals surface area contributed by atoms with E-state index in [9.17, 15) is 14.9 Å². The molecule has 0 saturated carbocycles. The number of nitro benzene ring substituents is 1. The standard InChI is InChI=1S/C27H32N8O4/c1-5-27(2,3)34-25(29-30-31-34)24(22-16-18-6-11-21(39-4)17-23(18)28-26(22)36)33-14-12-32(13-15-33)19-7-9-20(10-8-19)35(37)38/h6-11,16-17,24H,5,12-15H2,1-4H3,(H,28,36)/t24-/m0/s1. The van der Waals surface area contributed by atoms with Crippen LogP contribution in [0.2, 0.25) is 0 Å². The minimum atomic E-state index is -0.472. The first-order valence-corrected chi connectivity index (χ1v) is 12.9. The van der Waals surface area contributed by atoms with Crippen molar-refractivity contribution in [2.24, 2.45) is 0 Å². The van der Waals surface area contributed by atoms with Gasteiger partial charge in [0.15, 0.2) is 5.82 Å². The number of nitrogens with zero attached hydrogens (tertiary/aromatic N) is 7. The summed E-state index contributed by atoms with van der Waals surface area (Å²) >= 11 is 0. The molecule has 1 atom stereocenters. The molecule has 5 rings (SSSR count). The lowest BCUT2D eigenvalue weighted by Gasteiger charge is -2.40. The highest BCUT2D eigenvalue weighted by atomic mass is 16.6. The third kappa shape index (κ3) is 5.07. The molecule has 1 aliphatic rings. The molecule has 12 nitrogen and oxygen atoms in total. The fraction of sp³-hybridized carbons (Fsp3) is 0.407. The van der Waals surface area contributed by atoms with Gasteiger partial charge < -0.3 is 14.6 Å². The molecule has 204 valence electrons. The lowest BCUT2D eigenvalue weighted by molar-refractivity contribution is -0.384. The summed E-state index contributed by atoms with van der Waals surface area (Å²) in [4.78, 5) is 31.6. The van der Waals surface area contributed by atoms with Gasteiger partial charge in [0.05, 0.1) is 23.1 Å². The maximum absolute atomic E-state index is 13.5. The Morgan fingerprint density at radius 1 is 1.10 bits per heavy atom. The molecule has 4 aromatic rings. The molecule has 0 radical (unpaired) electrons. The summed E-state index contributed by atoms with van der Waals surface area (Å²) in [7, 11) is 1.59. The molecule has 2 aromatic heterocycles. The number of tetrazole rings is 1. The Labute approximate surface area is 225 Å². The number of H-pyrrole nitrogens is 1. The smallest absolute Gasteiger partial charge is 0.269 e. The molecule has 3 heterocycles. The fourth-order valence-corrected chi connectivity index (χ4v) is 5.00. The number of aromatic nitrogens is 5. The minimum Gasteiger partial charge on any atom is -0.497 e. The minimum absolute atomic E-state index is 0.0657. The topological polar surface area (TPSA) is 135 Å². The number of nitro groups is 1. The first kappa shape index (κ1) is 26.3. The highest BCUT2D eigenvalue weighted by molar-refractivity contribution is 5.80. The van der Waals surface area contributed by atoms with Gasteiger partial charge in [-0.1, -0.05) is 6.92 Å². The zero-order valence-electron chi connectivity index (χ0n) is 22.5. The summed E-state index contributed by atoms with van der Waals surface area (Å²) in [6.45, 7) is 8.87. The number of methoxy groups -OCH3 is 1. The predicted octanol–water partition coefficient (Wildman–Crippen LogP) is 3.49. The number of hydrogen-bond donors (Lipinski definition) is 1. The Bertz CT molecular complexity index is 1540. The van der Waals surface area contributed by atoms with E-state index >= 15 is 0 Å². The Hall–Kier alpha value is -4.32. The summed E-state index contributed by atoms with van der Waals surface area (Å²) < 4.78 is 7.16. The van der Waals surface area contributed by atoms with Crippen LogP contribution in [0, 0.1) is 10.1 Å². The first-order chi connectivity index (χ1) is 18.7. The Morgan fingerprint density at radius 3 is 2.46 bits per heavy atom. The summed E-state index contributed by atoms with van der Waals surface area (Å²) in [5.74, 6) is 1.28. The molecule has 39 heavy (non-hydrogen) atoms. The van der Waals surface area contributed by atoms with Crippen molar-refractivity contribution >= 4 is 22.3 Å². The van der Waals surface area contributed by atoms with Crippen molar-refractivity contribution in [1.82, 2.24) is 30.1 Å². The number of piperazine rings is 1. The fourth-order valence-electron chi connectivity index (χ4n) is 5.00. The predicted molar refractivity (Wildman–Crippen MR) is 147 cm³/mol. The maximum atomic E-state index is 13.5. The number of fused-ring (bicyclic) bond motifs is 1. The van der Waals surface area contributed by atoms with E-state index in [1.54, 1.807) is 19.2 Å². The van der Waals surface area contributed by atoms with Gasteiger partial charge in [0.25, 0.3) is 11.2 Å². The van der Waals surface area contributed by atoms with Crippen molar-refractivity contribution in [3.05, 3.63) is 80.4 Å². The Balaban J connectivity index is 1.52. The highest BCUT2D eigenvalue weighted by Crippen LogP contribution is 2.32. The van der Waals surface area contributed by atoms with Crippen LogP contribution in [0.25, 0.3) is 10.9 Å². The molecule has 0 amide bonds. The molecule has 0 bridgehead atoms. The second-order valence-corrected chi connectivity index (χ2v) is 10.3. The van der Waals surface area contributed by atoms with Crippen LogP contribution in [0.4, 0.5) is 11.4 Å². The highest BCUT2D eigenvalue weighted by Gasteiger charge is 2.35. The van der Waals surface area contributed by atoms with Crippen LogP contribution in [-0.4, -0.2) is 68.3 Å². The monoisotopic (exact) mass is 532 g/mol. The van der Waals surface area contributed by atoms with E-state index < -0.39 is 11.0 Å². The van der Waals surface area contributed by atoms with Crippen molar-refractivity contribution < 1.29 is 9.66 Å². The van der Waals surface area contributed by atoms with Crippen LogP contribution in [0.15, 0.2) is 53.3 Å². The number of pyridine rings is 1. The zero-order valence-corrected chi connectivity index (χ0v) is 22.5. The van der Waals surface area contributed by atoms with Crippen LogP contribution in [-0.2, 0) is 5.54 Å². The largest absolute Gasteiger partial charge is 0.497 e. The Morgan fingerprint density at radius 2 is 1.82 bits per heavy atom. The van der Waals surface area contributed by atoms with Gasteiger partial charge in [0.1, 0.15) is 11.8 Å². The molecule has 1 N–H and O–H groups in total. The van der Waals surface area contributed by atoms with Crippen LogP contribution >= 0.6 is 0 Å². The van der Waals surface area contributed by atoms with E-state index in [0.29, 0.717) is 48.8 Å². The van der Waals surface area contributed by atoms with Crippen molar-refractivity contribution in [3.63, 3.8) is 0 Å². The van der Waals surface area contributed by atoms with Gasteiger partial charge in [-0.25, -0.2) is 4.68 Å². The van der Waals surface area contributed by atoms with Gasteiger partial charge in [-0.05, 0) is 66.4 Å². The quantitative estimate of drug-likeness (QED) is 0.267. The summed E-state index contributed by atoms with van der Waals surface area (Å²) in [6.07, 6.45) is 0.805. The van der Waals surface area contributed by atoms with Crippen molar-refractivity contribution in [1.29, 1.82) is 0 Å². The maximum Gasteiger partial charge on any atom is 0.269 e. The number of ether oxygens (including phenoxy) is 1. The SMILES string of the molecule is CCC(C)(C)n1nnnc1[C@H](c1cc2ccc(OC)cc2[nH]c1=O)N1CCN(c2ccc([N+](=O)[O-])cc2)CC1. The molecule has 0 spiro atoms. The molecular weight excluding hydrogens is 500 g/mol. The second kappa shape index (κ2) is 10.4. The number of rotatable bonds is 8. The summed E-state index contributed by atoms with van der Waals surface area (Å²) in [5, 5.41) is 24.7. The molecule has 1 aliphatic heterocycles. The van der Waals surface area contributed by atoms with Crippen molar-refractivity contribution in [2.45, 2.75) is 38.8 Å². The van der Waals surface area contributed by atoms with Crippen molar-refractivity contribution in [2.75, 3.05) is 38.2 Å². The lowest BCUT2D eigenvalue weighted by atomic mass is 9.99. The lowest BCUT2D eigenvalue weighted by Crippen LogP contribution is -2.49. The molecule has 0 unspecified atom stereocenters. The van der Waals surface area contributed by atoms with E-state index in [4.69, 9.17) is 4.74 Å². The van der Waals surface area contributed by atoms with Gasteiger partial charge in [-0.3, -0.25) is 19.8 Å². The third-order valence-electron chi connectivity index (χ3n) is 7.66. The van der Waals surface area contributed by atoms with Gasteiger partial charge >= 0.3 is 0 Å². The molecular formula is C27H32N8O4. The van der Waals surface area contributed by atoms with Gasteiger partial charge in [0.2, 0.25) is 0 Å². The van der Waals surface area contributed by atoms with Gasteiger partial charge in [-0.15, -0.1) is 5.10 Å². The molecule has 1 fully saturated rings. The number of hydrogen-bond acceptors (Lipinski definition) is 9. The van der Waals surface area contributed by atoms with Crippen LogP contribution in [0.3, 0.4) is 0 Å². The van der Waals surface area contributed by atoms with E-state index in [2.05, 4.69) is 51.1 Å². The van der Waals surface area contributed by atoms with Crippen molar-refractivity contribution in [3.8, 4) is 5.75 Å². The number of anilines is 1. The number of benzene rings is 2. The molecule has 0 aliphatic carbocycles. The van der Waals surface area contributed by atoms with Gasteiger partial charge in [-0.2, -0.15) is 0 Å². The third-order valence-corrected chi connectivity index (χ3v) is 7.66. The summed E-state index contributed by atoms with van der Waals surface area (Å²) in [5.41, 5.74) is 1.69. The van der Waals surface area contributed by atoms with Crippen LogP contribution in [0.1, 0.15) is 44.6 Å². The normalized spacial score (nSPS) is 15.4. The van der Waals surface area contributed by atoms with E-state index in [-0.39, 0.29) is 16.8 Å². The molecule has 1 saturated heterocycles. The zero-order chi connectivity index (χ0) is 27.7. The number of aromatic amines is 1. The molecule has 12 heteroatoms. The van der Waals surface area contributed by atoms with E-state index in [1.807, 2.05) is 28.9 Å².